The van der Waals surface area contributed by atoms with Crippen LogP contribution in [-0.2, 0) is 19.5 Å². The van der Waals surface area contributed by atoms with Gasteiger partial charge in [0.25, 0.3) is 5.56 Å². The van der Waals surface area contributed by atoms with Gasteiger partial charge in [-0.05, 0) is 30.5 Å². The third kappa shape index (κ3) is 2.99. The van der Waals surface area contributed by atoms with E-state index in [0.29, 0.717) is 24.0 Å². The Balaban J connectivity index is 1.55. The van der Waals surface area contributed by atoms with Crippen LogP contribution in [0.3, 0.4) is 0 Å². The van der Waals surface area contributed by atoms with Crippen LogP contribution < -0.4 is 5.56 Å². The Bertz CT molecular complexity index is 814. The molecule has 1 aromatic heterocycles. The fourth-order valence-electron chi connectivity index (χ4n) is 3.09. The largest absolute Gasteiger partial charge is 0.508 e. The Hall–Kier alpha value is -1.85. The van der Waals surface area contributed by atoms with Gasteiger partial charge in [0.1, 0.15) is 11.6 Å². The van der Waals surface area contributed by atoms with E-state index in [1.165, 1.54) is 0 Å². The van der Waals surface area contributed by atoms with Gasteiger partial charge in [0.2, 0.25) is 0 Å². The lowest BCUT2D eigenvalue weighted by molar-refractivity contribution is 0.241. The number of rotatable bonds is 3. The molecule has 0 saturated heterocycles. The van der Waals surface area contributed by atoms with Gasteiger partial charge >= 0.3 is 0 Å². The highest BCUT2D eigenvalue weighted by Crippen LogP contribution is 2.37. The molecule has 2 heterocycles. The third-order valence-corrected chi connectivity index (χ3v) is 4.91. The number of halogens is 1. The monoisotopic (exact) mass is 331 g/mol. The van der Waals surface area contributed by atoms with E-state index in [1.54, 1.807) is 12.1 Å². The van der Waals surface area contributed by atoms with Gasteiger partial charge < -0.3 is 10.1 Å². The Labute approximate surface area is 138 Å². The van der Waals surface area contributed by atoms with E-state index in [1.807, 2.05) is 6.07 Å². The lowest BCUT2D eigenvalue weighted by Gasteiger charge is -2.28. The Morgan fingerprint density at radius 3 is 2.96 bits per heavy atom. The van der Waals surface area contributed by atoms with Crippen LogP contribution in [0.5, 0.6) is 5.75 Å². The summed E-state index contributed by atoms with van der Waals surface area (Å²) in [4.78, 5) is 22.1. The number of aromatic amines is 1. The van der Waals surface area contributed by atoms with Crippen molar-refractivity contribution in [3.63, 3.8) is 0 Å². The molecule has 0 radical (unpaired) electrons. The molecule has 2 aliphatic rings. The summed E-state index contributed by atoms with van der Waals surface area (Å²) in [5, 5.41) is 9.98. The number of H-pyrrole nitrogens is 1. The summed E-state index contributed by atoms with van der Waals surface area (Å²) in [5.74, 6) is 1.49. The lowest BCUT2D eigenvalue weighted by Crippen LogP contribution is -2.35. The number of phenolic OH excluding ortho intramolecular Hbond substituents is 1. The molecule has 0 amide bonds. The number of nitrogens with zero attached hydrogens (tertiary/aromatic N) is 2. The molecule has 2 aromatic rings. The summed E-state index contributed by atoms with van der Waals surface area (Å²) in [6.45, 7) is 2.09. The minimum Gasteiger partial charge on any atom is -0.508 e. The second kappa shape index (κ2) is 5.65. The molecule has 1 aromatic carbocycles. The van der Waals surface area contributed by atoms with Crippen molar-refractivity contribution in [2.75, 3.05) is 6.54 Å². The van der Waals surface area contributed by atoms with E-state index in [4.69, 9.17) is 11.6 Å². The second-order valence-electron chi connectivity index (χ2n) is 6.39. The molecule has 0 atom stereocenters. The molecule has 2 N–H and O–H groups in total. The van der Waals surface area contributed by atoms with Crippen molar-refractivity contribution < 1.29 is 5.11 Å². The van der Waals surface area contributed by atoms with E-state index in [-0.39, 0.29) is 11.3 Å². The van der Waals surface area contributed by atoms with Crippen LogP contribution in [-0.4, -0.2) is 26.5 Å². The number of hydrogen-bond donors (Lipinski definition) is 2. The molecular weight excluding hydrogens is 314 g/mol. The van der Waals surface area contributed by atoms with Crippen molar-refractivity contribution in [3.05, 3.63) is 56.2 Å². The highest BCUT2D eigenvalue weighted by Gasteiger charge is 2.29. The van der Waals surface area contributed by atoms with E-state index in [2.05, 4.69) is 14.9 Å². The fraction of sp³-hybridized carbons (Fsp3) is 0.412. The number of aromatic nitrogens is 2. The number of phenols is 1. The van der Waals surface area contributed by atoms with Crippen LogP contribution in [0.2, 0.25) is 5.02 Å². The third-order valence-electron chi connectivity index (χ3n) is 4.56. The predicted molar refractivity (Wildman–Crippen MR) is 87.8 cm³/mol. The first-order chi connectivity index (χ1) is 11.1. The maximum absolute atomic E-state index is 12.3. The molecule has 23 heavy (non-hydrogen) atoms. The SMILES string of the molecule is O=c1[nH]c(C2CC2)nc2c1CN(Cc1ccc(O)cc1Cl)CC2. The van der Waals surface area contributed by atoms with E-state index in [0.717, 1.165) is 48.5 Å². The van der Waals surface area contributed by atoms with Crippen molar-refractivity contribution in [2.24, 2.45) is 0 Å². The van der Waals surface area contributed by atoms with Crippen LogP contribution in [0.4, 0.5) is 0 Å². The summed E-state index contributed by atoms with van der Waals surface area (Å²) < 4.78 is 0. The predicted octanol–water partition coefficient (Wildman–Crippen LogP) is 2.56. The van der Waals surface area contributed by atoms with Gasteiger partial charge in [0.15, 0.2) is 0 Å². The highest BCUT2D eigenvalue weighted by molar-refractivity contribution is 6.31. The Kier molecular flexibility index (Phi) is 3.62. The van der Waals surface area contributed by atoms with Crippen LogP contribution in [0, 0.1) is 0 Å². The quantitative estimate of drug-likeness (QED) is 0.907. The smallest absolute Gasteiger partial charge is 0.255 e. The molecular formula is C17H18ClN3O2. The first kappa shape index (κ1) is 14.7. The zero-order valence-corrected chi connectivity index (χ0v) is 13.4. The number of fused-ring (bicyclic) bond motifs is 1. The standard InChI is InChI=1S/C17H18ClN3O2/c18-14-7-12(22)4-3-11(14)8-21-6-5-15-13(9-21)17(23)20-16(19-15)10-1-2-10/h3-4,7,10,22H,1-2,5-6,8-9H2,(H,19,20,23). The van der Waals surface area contributed by atoms with Gasteiger partial charge in [-0.15, -0.1) is 0 Å². The van der Waals surface area contributed by atoms with Crippen molar-refractivity contribution in [1.82, 2.24) is 14.9 Å². The van der Waals surface area contributed by atoms with Crippen molar-refractivity contribution in [1.29, 1.82) is 0 Å². The van der Waals surface area contributed by atoms with Crippen molar-refractivity contribution >= 4 is 11.6 Å². The number of benzene rings is 1. The molecule has 1 fully saturated rings. The molecule has 120 valence electrons. The Morgan fingerprint density at radius 1 is 1.39 bits per heavy atom. The zero-order valence-electron chi connectivity index (χ0n) is 12.7. The maximum Gasteiger partial charge on any atom is 0.255 e. The summed E-state index contributed by atoms with van der Waals surface area (Å²) in [5.41, 5.74) is 2.67. The average Bonchev–Trinajstić information content (AvgIpc) is 3.35. The van der Waals surface area contributed by atoms with Gasteiger partial charge in [-0.1, -0.05) is 17.7 Å². The molecule has 1 aliphatic heterocycles. The fourth-order valence-corrected chi connectivity index (χ4v) is 3.33. The van der Waals surface area contributed by atoms with Crippen molar-refractivity contribution in [2.45, 2.75) is 38.3 Å². The molecule has 5 nitrogen and oxygen atoms in total. The molecule has 4 rings (SSSR count). The first-order valence-electron chi connectivity index (χ1n) is 7.92. The van der Waals surface area contributed by atoms with Gasteiger partial charge in [0.05, 0.1) is 11.3 Å². The first-order valence-corrected chi connectivity index (χ1v) is 8.29. The zero-order chi connectivity index (χ0) is 16.0. The van der Waals surface area contributed by atoms with Gasteiger partial charge in [0, 0.05) is 37.0 Å². The van der Waals surface area contributed by atoms with E-state index >= 15 is 0 Å². The number of nitrogens with one attached hydrogen (secondary N) is 1. The lowest BCUT2D eigenvalue weighted by atomic mass is 10.1. The second-order valence-corrected chi connectivity index (χ2v) is 6.79. The molecule has 1 saturated carbocycles. The molecule has 0 bridgehead atoms. The summed E-state index contributed by atoms with van der Waals surface area (Å²) in [7, 11) is 0. The van der Waals surface area contributed by atoms with E-state index < -0.39 is 0 Å². The van der Waals surface area contributed by atoms with Gasteiger partial charge in [-0.2, -0.15) is 0 Å². The highest BCUT2D eigenvalue weighted by atomic mass is 35.5. The number of hydrogen-bond acceptors (Lipinski definition) is 4. The summed E-state index contributed by atoms with van der Waals surface area (Å²) in [6, 6.07) is 5.01. The van der Waals surface area contributed by atoms with Gasteiger partial charge in [-0.25, -0.2) is 4.98 Å². The molecule has 0 spiro atoms. The van der Waals surface area contributed by atoms with Crippen LogP contribution >= 0.6 is 11.6 Å². The molecule has 1 aliphatic carbocycles. The summed E-state index contributed by atoms with van der Waals surface area (Å²) >= 11 is 6.18. The minimum atomic E-state index is -0.00148. The summed E-state index contributed by atoms with van der Waals surface area (Å²) in [6.07, 6.45) is 3.05. The van der Waals surface area contributed by atoms with Crippen LogP contribution in [0.1, 0.15) is 41.4 Å². The van der Waals surface area contributed by atoms with E-state index in [9.17, 15) is 9.90 Å². The maximum atomic E-state index is 12.3. The average molecular weight is 332 g/mol. The van der Waals surface area contributed by atoms with Crippen molar-refractivity contribution in [3.8, 4) is 5.75 Å². The van der Waals surface area contributed by atoms with Gasteiger partial charge in [-0.3, -0.25) is 9.69 Å². The minimum absolute atomic E-state index is 0.00148. The topological polar surface area (TPSA) is 69.2 Å². The molecule has 6 heteroatoms. The Morgan fingerprint density at radius 2 is 2.22 bits per heavy atom. The molecule has 0 unspecified atom stereocenters. The van der Waals surface area contributed by atoms with Crippen LogP contribution in [0.25, 0.3) is 0 Å². The van der Waals surface area contributed by atoms with Crippen LogP contribution in [0.15, 0.2) is 23.0 Å². The number of aromatic hydroxyl groups is 1. The normalized spacial score (nSPS) is 18.0.